The molecule has 1 aliphatic carbocycles. The molecule has 2 heterocycles. The number of rotatable bonds is 4. The lowest BCUT2D eigenvalue weighted by Crippen LogP contribution is -2.54. The van der Waals surface area contributed by atoms with E-state index in [4.69, 9.17) is 11.6 Å². The number of hydrogen-bond acceptors (Lipinski definition) is 5. The highest BCUT2D eigenvalue weighted by Crippen LogP contribution is 2.43. The van der Waals surface area contributed by atoms with Crippen molar-refractivity contribution in [3.05, 3.63) is 53.6 Å². The normalized spacial score (nSPS) is 21.8. The number of aromatic nitrogens is 2. The highest BCUT2D eigenvalue weighted by Gasteiger charge is 2.54. The summed E-state index contributed by atoms with van der Waals surface area (Å²) in [5.74, 6) is -0.184. The second-order valence-electron chi connectivity index (χ2n) is 7.88. The van der Waals surface area contributed by atoms with E-state index in [-0.39, 0.29) is 16.7 Å². The van der Waals surface area contributed by atoms with E-state index >= 15 is 0 Å². The van der Waals surface area contributed by atoms with Gasteiger partial charge in [0.05, 0.1) is 10.6 Å². The zero-order valence-corrected chi connectivity index (χ0v) is 17.7. The second kappa shape index (κ2) is 8.03. The molecule has 6 nitrogen and oxygen atoms in total. The summed E-state index contributed by atoms with van der Waals surface area (Å²) in [4.78, 5) is 24.1. The first-order valence-corrected chi connectivity index (χ1v) is 11.9. The van der Waals surface area contributed by atoms with Crippen LogP contribution < -0.4 is 0 Å². The molecule has 1 amide bonds. The van der Waals surface area contributed by atoms with Gasteiger partial charge in [0.1, 0.15) is 0 Å². The van der Waals surface area contributed by atoms with Gasteiger partial charge in [-0.3, -0.25) is 14.8 Å². The minimum absolute atomic E-state index is 0.0816. The molecule has 2 aromatic rings. The maximum absolute atomic E-state index is 13.7. The summed E-state index contributed by atoms with van der Waals surface area (Å²) in [5, 5.41) is 0.471. The average molecular weight is 434 g/mol. The molecule has 0 bridgehead atoms. The Morgan fingerprint density at radius 2 is 1.83 bits per heavy atom. The molecule has 0 N–H and O–H groups in total. The molecule has 0 radical (unpaired) electrons. The highest BCUT2D eigenvalue weighted by molar-refractivity contribution is 7.93. The number of likely N-dealkylation sites (tertiary alicyclic amines) is 1. The van der Waals surface area contributed by atoms with E-state index < -0.39 is 14.6 Å². The summed E-state index contributed by atoms with van der Waals surface area (Å²) in [7, 11) is -3.83. The van der Waals surface area contributed by atoms with Crippen molar-refractivity contribution >= 4 is 27.3 Å². The van der Waals surface area contributed by atoms with E-state index in [0.29, 0.717) is 31.0 Å². The lowest BCUT2D eigenvalue weighted by atomic mass is 9.93. The predicted molar refractivity (Wildman–Crippen MR) is 110 cm³/mol. The zero-order chi connectivity index (χ0) is 20.5. The molecule has 1 atom stereocenters. The van der Waals surface area contributed by atoms with Gasteiger partial charge >= 0.3 is 0 Å². The standard InChI is InChI=1S/C21H24ClN3O3S/c22-17-5-7-18(8-6-17)29(27,28)21(9-1-2-10-21)20(26)25-13-3-4-16(15-25)19-14-23-11-12-24-19/h5-8,11-12,14,16H,1-4,9-10,13,15H2/t16-/m1/s1. The van der Waals surface area contributed by atoms with E-state index in [1.807, 2.05) is 0 Å². The van der Waals surface area contributed by atoms with E-state index in [1.165, 1.54) is 12.1 Å². The largest absolute Gasteiger partial charge is 0.341 e. The van der Waals surface area contributed by atoms with Crippen LogP contribution in [-0.2, 0) is 14.6 Å². The SMILES string of the molecule is O=C(N1CCC[C@@H](c2cnccn2)C1)C1(S(=O)(=O)c2ccc(Cl)cc2)CCCC1. The molecule has 1 saturated heterocycles. The first-order chi connectivity index (χ1) is 13.9. The van der Waals surface area contributed by atoms with Crippen molar-refractivity contribution in [2.75, 3.05) is 13.1 Å². The van der Waals surface area contributed by atoms with Gasteiger partial charge in [-0.25, -0.2) is 8.42 Å². The fourth-order valence-electron chi connectivity index (χ4n) is 4.60. The van der Waals surface area contributed by atoms with E-state index in [1.54, 1.807) is 35.6 Å². The van der Waals surface area contributed by atoms with Crippen LogP contribution >= 0.6 is 11.6 Å². The van der Waals surface area contributed by atoms with Crippen molar-refractivity contribution < 1.29 is 13.2 Å². The Bertz CT molecular complexity index is 974. The topological polar surface area (TPSA) is 80.2 Å². The average Bonchev–Trinajstić information content (AvgIpc) is 3.26. The minimum atomic E-state index is -3.83. The van der Waals surface area contributed by atoms with Crippen LogP contribution in [0.5, 0.6) is 0 Å². The van der Waals surface area contributed by atoms with Gasteiger partial charge in [0.2, 0.25) is 5.91 Å². The van der Waals surface area contributed by atoms with Crippen molar-refractivity contribution in [2.45, 2.75) is 54.1 Å². The van der Waals surface area contributed by atoms with Crippen molar-refractivity contribution in [3.63, 3.8) is 0 Å². The molecule has 4 rings (SSSR count). The van der Waals surface area contributed by atoms with Crippen LogP contribution in [0.2, 0.25) is 5.02 Å². The van der Waals surface area contributed by atoms with E-state index in [9.17, 15) is 13.2 Å². The summed E-state index contributed by atoms with van der Waals surface area (Å²) in [6, 6.07) is 6.13. The molecule has 1 aliphatic heterocycles. The number of carbonyl (C=O) groups excluding carboxylic acids is 1. The number of amides is 1. The van der Waals surface area contributed by atoms with Crippen LogP contribution in [-0.4, -0.2) is 47.0 Å². The zero-order valence-electron chi connectivity index (χ0n) is 16.1. The number of nitrogens with zero attached hydrogens (tertiary/aromatic N) is 3. The molecule has 154 valence electrons. The molecule has 2 fully saturated rings. The summed E-state index contributed by atoms with van der Waals surface area (Å²) in [6.45, 7) is 1.06. The van der Waals surface area contributed by atoms with Crippen molar-refractivity contribution in [2.24, 2.45) is 0 Å². The first kappa shape index (κ1) is 20.3. The molecule has 1 aromatic heterocycles. The fourth-order valence-corrected chi connectivity index (χ4v) is 6.85. The molecule has 1 aromatic carbocycles. The van der Waals surface area contributed by atoms with Gasteiger partial charge in [-0.1, -0.05) is 24.4 Å². The third-order valence-corrected chi connectivity index (χ3v) is 8.91. The smallest absolute Gasteiger partial charge is 0.244 e. The molecule has 29 heavy (non-hydrogen) atoms. The second-order valence-corrected chi connectivity index (χ2v) is 10.6. The Morgan fingerprint density at radius 1 is 1.10 bits per heavy atom. The van der Waals surface area contributed by atoms with Gasteiger partial charge in [0, 0.05) is 42.6 Å². The van der Waals surface area contributed by atoms with Crippen LogP contribution in [0, 0.1) is 0 Å². The van der Waals surface area contributed by atoms with Crippen molar-refractivity contribution in [3.8, 4) is 0 Å². The summed E-state index contributed by atoms with van der Waals surface area (Å²) in [5.41, 5.74) is 0.853. The molecule has 8 heteroatoms. The summed E-state index contributed by atoms with van der Waals surface area (Å²) >= 11 is 5.93. The Morgan fingerprint density at radius 3 is 2.48 bits per heavy atom. The fraction of sp³-hybridized carbons (Fsp3) is 0.476. The molecule has 1 saturated carbocycles. The predicted octanol–water partition coefficient (Wildman–Crippen LogP) is 3.62. The molecular weight excluding hydrogens is 410 g/mol. The maximum Gasteiger partial charge on any atom is 0.244 e. The van der Waals surface area contributed by atoms with Crippen LogP contribution in [0.3, 0.4) is 0 Å². The monoisotopic (exact) mass is 433 g/mol. The van der Waals surface area contributed by atoms with Crippen molar-refractivity contribution in [1.82, 2.24) is 14.9 Å². The van der Waals surface area contributed by atoms with Crippen LogP contribution in [0.4, 0.5) is 0 Å². The maximum atomic E-state index is 13.7. The summed E-state index contributed by atoms with van der Waals surface area (Å²) in [6.07, 6.45) is 8.95. The Labute approximate surface area is 176 Å². The van der Waals surface area contributed by atoms with Gasteiger partial charge in [-0.2, -0.15) is 0 Å². The number of halogens is 1. The third kappa shape index (κ3) is 3.66. The van der Waals surface area contributed by atoms with Gasteiger partial charge in [-0.15, -0.1) is 0 Å². The van der Waals surface area contributed by atoms with E-state index in [2.05, 4.69) is 9.97 Å². The number of hydrogen-bond donors (Lipinski definition) is 0. The van der Waals surface area contributed by atoms with Crippen LogP contribution in [0.25, 0.3) is 0 Å². The molecular formula is C21H24ClN3O3S. The Kier molecular flexibility index (Phi) is 5.62. The minimum Gasteiger partial charge on any atom is -0.341 e. The van der Waals surface area contributed by atoms with Crippen molar-refractivity contribution in [1.29, 1.82) is 0 Å². The molecule has 0 unspecified atom stereocenters. The van der Waals surface area contributed by atoms with Crippen LogP contribution in [0.1, 0.15) is 50.1 Å². The van der Waals surface area contributed by atoms with Crippen LogP contribution in [0.15, 0.2) is 47.8 Å². The number of carbonyl (C=O) groups is 1. The lowest BCUT2D eigenvalue weighted by molar-refractivity contribution is -0.135. The Hall–Kier alpha value is -1.99. The summed E-state index contributed by atoms with van der Waals surface area (Å²) < 4.78 is 25.8. The van der Waals surface area contributed by atoms with Gasteiger partial charge < -0.3 is 4.90 Å². The lowest BCUT2D eigenvalue weighted by Gasteiger charge is -2.38. The number of sulfone groups is 1. The molecule has 2 aliphatic rings. The first-order valence-electron chi connectivity index (χ1n) is 9.99. The number of piperidine rings is 1. The Balaban J connectivity index is 1.64. The van der Waals surface area contributed by atoms with Gasteiger partial charge in [-0.05, 0) is 49.9 Å². The molecule has 0 spiro atoms. The number of benzene rings is 1. The highest BCUT2D eigenvalue weighted by atomic mass is 35.5. The van der Waals surface area contributed by atoms with Gasteiger partial charge in [0.25, 0.3) is 0 Å². The third-order valence-electron chi connectivity index (χ3n) is 6.15. The van der Waals surface area contributed by atoms with Gasteiger partial charge in [0.15, 0.2) is 14.6 Å². The van der Waals surface area contributed by atoms with E-state index in [0.717, 1.165) is 31.4 Å². The quantitative estimate of drug-likeness (QED) is 0.735.